The van der Waals surface area contributed by atoms with Gasteiger partial charge in [0.2, 0.25) is 0 Å². The summed E-state index contributed by atoms with van der Waals surface area (Å²) in [6.07, 6.45) is 3.27. The number of carbonyl (C=O) groups is 1. The van der Waals surface area contributed by atoms with Gasteiger partial charge in [-0.3, -0.25) is 0 Å². The van der Waals surface area contributed by atoms with E-state index in [9.17, 15) is 9.18 Å². The number of aryl methyl sites for hydroxylation is 1. The minimum Gasteiger partial charge on any atom is -0.467 e. The molecule has 98 valence electrons. The molecule has 1 saturated heterocycles. The molecule has 2 rings (SSSR count). The number of methoxy groups -OCH3 is 1. The van der Waals surface area contributed by atoms with Crippen LogP contribution in [0.5, 0.6) is 0 Å². The Morgan fingerprint density at radius 3 is 2.89 bits per heavy atom. The lowest BCUT2D eigenvalue weighted by molar-refractivity contribution is -0.147. The highest BCUT2D eigenvalue weighted by Gasteiger charge is 2.52. The van der Waals surface area contributed by atoms with Gasteiger partial charge in [0.05, 0.1) is 13.7 Å². The van der Waals surface area contributed by atoms with Gasteiger partial charge >= 0.3 is 5.97 Å². The Labute approximate surface area is 106 Å². The molecule has 0 radical (unpaired) electrons. The minimum absolute atomic E-state index is 0.205. The van der Waals surface area contributed by atoms with Crippen molar-refractivity contribution < 1.29 is 18.7 Å². The summed E-state index contributed by atoms with van der Waals surface area (Å²) in [4.78, 5) is 11.4. The Morgan fingerprint density at radius 2 is 2.28 bits per heavy atom. The van der Waals surface area contributed by atoms with Crippen LogP contribution in [-0.2, 0) is 20.7 Å². The predicted octanol–water partition coefficient (Wildman–Crippen LogP) is 2.48. The quantitative estimate of drug-likeness (QED) is 0.443. The number of carbonyl (C=O) groups excluding carboxylic acids is 1. The van der Waals surface area contributed by atoms with Crippen molar-refractivity contribution in [3.8, 4) is 0 Å². The second-order valence-corrected chi connectivity index (χ2v) is 4.61. The van der Waals surface area contributed by atoms with Crippen LogP contribution in [0.1, 0.15) is 24.8 Å². The van der Waals surface area contributed by atoms with E-state index in [0.29, 0.717) is 13.0 Å². The van der Waals surface area contributed by atoms with Crippen LogP contribution in [0, 0.1) is 5.82 Å². The van der Waals surface area contributed by atoms with E-state index < -0.39 is 5.60 Å². The number of rotatable bonds is 6. The zero-order chi connectivity index (χ0) is 13.0. The Hall–Kier alpha value is -1.42. The fourth-order valence-electron chi connectivity index (χ4n) is 2.07. The third-order valence-electron chi connectivity index (χ3n) is 3.24. The first-order valence-electron chi connectivity index (χ1n) is 6.13. The summed E-state index contributed by atoms with van der Waals surface area (Å²) in [5, 5.41) is 0. The van der Waals surface area contributed by atoms with Gasteiger partial charge in [0, 0.05) is 0 Å². The molecule has 0 bridgehead atoms. The molecule has 0 aromatic heterocycles. The lowest BCUT2D eigenvalue weighted by atomic mass is 10.0. The highest BCUT2D eigenvalue weighted by Crippen LogP contribution is 2.34. The molecule has 1 aromatic rings. The van der Waals surface area contributed by atoms with Crippen LogP contribution < -0.4 is 0 Å². The summed E-state index contributed by atoms with van der Waals surface area (Å²) in [5.41, 5.74) is 0.301. The molecule has 1 atom stereocenters. The largest absolute Gasteiger partial charge is 0.467 e. The second-order valence-electron chi connectivity index (χ2n) is 4.61. The van der Waals surface area contributed by atoms with E-state index in [1.165, 1.54) is 13.2 Å². The Bertz CT molecular complexity index is 427. The van der Waals surface area contributed by atoms with E-state index in [2.05, 4.69) is 0 Å². The number of hydrogen-bond acceptors (Lipinski definition) is 3. The van der Waals surface area contributed by atoms with Crippen molar-refractivity contribution in [2.24, 2.45) is 0 Å². The van der Waals surface area contributed by atoms with Crippen molar-refractivity contribution in [1.29, 1.82) is 0 Å². The molecule has 1 fully saturated rings. The van der Waals surface area contributed by atoms with Gasteiger partial charge in [0.15, 0.2) is 5.60 Å². The Morgan fingerprint density at radius 1 is 1.50 bits per heavy atom. The number of esters is 1. The average molecular weight is 252 g/mol. The molecule has 1 aliphatic rings. The maximum absolute atomic E-state index is 12.9. The van der Waals surface area contributed by atoms with E-state index in [-0.39, 0.29) is 11.8 Å². The van der Waals surface area contributed by atoms with Crippen molar-refractivity contribution >= 4 is 5.97 Å². The fraction of sp³-hybridized carbons (Fsp3) is 0.500. The van der Waals surface area contributed by atoms with Gasteiger partial charge in [0.25, 0.3) is 0 Å². The third-order valence-corrected chi connectivity index (χ3v) is 3.24. The molecular formula is C14H17FO3. The topological polar surface area (TPSA) is 38.8 Å². The summed E-state index contributed by atoms with van der Waals surface area (Å²) in [6, 6.07) is 6.61. The zero-order valence-electron chi connectivity index (χ0n) is 10.4. The zero-order valence-corrected chi connectivity index (χ0v) is 10.4. The third kappa shape index (κ3) is 3.07. The highest BCUT2D eigenvalue weighted by atomic mass is 19.1. The molecule has 0 spiro atoms. The van der Waals surface area contributed by atoms with Crippen molar-refractivity contribution in [1.82, 2.24) is 0 Å². The lowest BCUT2D eigenvalue weighted by Crippen LogP contribution is -2.25. The number of benzene rings is 1. The van der Waals surface area contributed by atoms with Crippen molar-refractivity contribution in [3.05, 3.63) is 35.6 Å². The van der Waals surface area contributed by atoms with Crippen LogP contribution in [0.15, 0.2) is 24.3 Å². The van der Waals surface area contributed by atoms with Gasteiger partial charge in [-0.25, -0.2) is 9.18 Å². The number of epoxide rings is 1. The predicted molar refractivity (Wildman–Crippen MR) is 64.7 cm³/mol. The second kappa shape index (κ2) is 5.48. The van der Waals surface area contributed by atoms with Crippen molar-refractivity contribution in [2.75, 3.05) is 13.7 Å². The van der Waals surface area contributed by atoms with Crippen molar-refractivity contribution in [2.45, 2.75) is 31.3 Å². The van der Waals surface area contributed by atoms with Crippen LogP contribution in [0.25, 0.3) is 0 Å². The molecule has 1 aliphatic heterocycles. The summed E-state index contributed by atoms with van der Waals surface area (Å²) < 4.78 is 22.8. The first kappa shape index (κ1) is 13.0. The van der Waals surface area contributed by atoms with Crippen LogP contribution in [0.3, 0.4) is 0 Å². The molecule has 18 heavy (non-hydrogen) atoms. The van der Waals surface area contributed by atoms with E-state index >= 15 is 0 Å². The Balaban J connectivity index is 1.72. The van der Waals surface area contributed by atoms with Gasteiger partial charge in [0.1, 0.15) is 5.82 Å². The van der Waals surface area contributed by atoms with Crippen LogP contribution >= 0.6 is 0 Å². The molecule has 0 amide bonds. The van der Waals surface area contributed by atoms with Gasteiger partial charge in [-0.1, -0.05) is 12.1 Å². The molecule has 1 unspecified atom stereocenters. The van der Waals surface area contributed by atoms with Gasteiger partial charge < -0.3 is 9.47 Å². The molecule has 1 heterocycles. The van der Waals surface area contributed by atoms with E-state index in [1.807, 2.05) is 6.07 Å². The first-order chi connectivity index (χ1) is 8.66. The number of hydrogen-bond donors (Lipinski definition) is 0. The van der Waals surface area contributed by atoms with Crippen LogP contribution in [-0.4, -0.2) is 25.3 Å². The average Bonchev–Trinajstić information content (AvgIpc) is 3.15. The summed E-state index contributed by atoms with van der Waals surface area (Å²) in [5.74, 6) is -0.489. The Kier molecular flexibility index (Phi) is 3.97. The van der Waals surface area contributed by atoms with Gasteiger partial charge in [-0.05, 0) is 43.4 Å². The van der Waals surface area contributed by atoms with E-state index in [1.54, 1.807) is 12.1 Å². The molecule has 0 aliphatic carbocycles. The monoisotopic (exact) mass is 252 g/mol. The first-order valence-corrected chi connectivity index (χ1v) is 6.13. The molecule has 0 saturated carbocycles. The molecule has 3 nitrogen and oxygen atoms in total. The van der Waals surface area contributed by atoms with Gasteiger partial charge in [-0.2, -0.15) is 0 Å². The molecule has 0 N–H and O–H groups in total. The number of halogens is 1. The van der Waals surface area contributed by atoms with Crippen molar-refractivity contribution in [3.63, 3.8) is 0 Å². The summed E-state index contributed by atoms with van der Waals surface area (Å²) >= 11 is 0. The van der Waals surface area contributed by atoms with E-state index in [0.717, 1.165) is 24.8 Å². The summed E-state index contributed by atoms with van der Waals surface area (Å²) in [7, 11) is 1.37. The molecule has 1 aromatic carbocycles. The highest BCUT2D eigenvalue weighted by molar-refractivity contribution is 5.82. The van der Waals surface area contributed by atoms with Crippen LogP contribution in [0.4, 0.5) is 4.39 Å². The standard InChI is InChI=1S/C14H17FO3/c1-17-13(16)14(10-18-14)8-3-2-5-11-6-4-7-12(15)9-11/h4,6-7,9H,2-3,5,8,10H2,1H3. The number of unbranched alkanes of at least 4 members (excludes halogenated alkanes) is 1. The van der Waals surface area contributed by atoms with Crippen LogP contribution in [0.2, 0.25) is 0 Å². The normalized spacial score (nSPS) is 21.7. The number of ether oxygens (including phenoxy) is 2. The smallest absolute Gasteiger partial charge is 0.340 e. The summed E-state index contributed by atoms with van der Waals surface area (Å²) in [6.45, 7) is 0.458. The van der Waals surface area contributed by atoms with E-state index in [4.69, 9.17) is 9.47 Å². The molecular weight excluding hydrogens is 235 g/mol. The maximum atomic E-state index is 12.9. The SMILES string of the molecule is COC(=O)C1(CCCCc2cccc(F)c2)CO1. The van der Waals surface area contributed by atoms with Gasteiger partial charge in [-0.15, -0.1) is 0 Å². The maximum Gasteiger partial charge on any atom is 0.340 e. The molecule has 4 heteroatoms. The minimum atomic E-state index is -0.684. The lowest BCUT2D eigenvalue weighted by Gasteiger charge is -2.08. The fourth-order valence-corrected chi connectivity index (χ4v) is 2.07.